The molecule has 2 bridgehead atoms. The van der Waals surface area contributed by atoms with E-state index in [-0.39, 0.29) is 28.6 Å². The highest BCUT2D eigenvalue weighted by atomic mass is 35.5. The van der Waals surface area contributed by atoms with Gasteiger partial charge >= 0.3 is 0 Å². The number of fused-ring (bicyclic) bond motifs is 4. The van der Waals surface area contributed by atoms with E-state index >= 15 is 0 Å². The number of hydrogen-bond acceptors (Lipinski definition) is 5. The van der Waals surface area contributed by atoms with Gasteiger partial charge in [-0.05, 0) is 131 Å². The van der Waals surface area contributed by atoms with Crippen LogP contribution in [0.25, 0.3) is 0 Å². The minimum atomic E-state index is -2.92. The molecule has 2 aliphatic heterocycles. The summed E-state index contributed by atoms with van der Waals surface area (Å²) in [5.74, 6) is 5.36. The predicted molar refractivity (Wildman–Crippen MR) is 208 cm³/mol. The van der Waals surface area contributed by atoms with Crippen molar-refractivity contribution in [2.45, 2.75) is 89.9 Å². The lowest BCUT2D eigenvalue weighted by Gasteiger charge is -2.46. The van der Waals surface area contributed by atoms with Gasteiger partial charge in [-0.25, -0.2) is 4.21 Å². The lowest BCUT2D eigenvalue weighted by molar-refractivity contribution is -0.923. The molecule has 1 amide bonds. The molecule has 274 valence electrons. The minimum absolute atomic E-state index is 0.0148. The Morgan fingerprint density at radius 1 is 1.12 bits per heavy atom. The van der Waals surface area contributed by atoms with E-state index in [9.17, 15) is 9.00 Å². The highest BCUT2D eigenvalue weighted by Gasteiger charge is 2.44. The lowest BCUT2D eigenvalue weighted by atomic mass is 9.68. The van der Waals surface area contributed by atoms with Crippen molar-refractivity contribution in [3.63, 3.8) is 0 Å². The highest BCUT2D eigenvalue weighted by Crippen LogP contribution is 2.47. The van der Waals surface area contributed by atoms with Crippen LogP contribution >= 0.6 is 11.6 Å². The van der Waals surface area contributed by atoms with Crippen LogP contribution in [0.4, 0.5) is 5.69 Å². The molecule has 6 rings (SSSR count). The van der Waals surface area contributed by atoms with E-state index in [1.807, 2.05) is 25.1 Å². The number of aryl methyl sites for hydroxylation is 1. The Morgan fingerprint density at radius 2 is 1.90 bits per heavy atom. The number of quaternary nitrogens is 1. The molecule has 1 N–H and O–H groups in total. The maximum Gasteiger partial charge on any atom is 0.262 e. The third kappa shape index (κ3) is 7.51. The number of nitrogens with one attached hydrogen (secondary N) is 1. The molecule has 0 aromatic heterocycles. The zero-order valence-electron chi connectivity index (χ0n) is 30.9. The van der Waals surface area contributed by atoms with Crippen LogP contribution in [0.1, 0.15) is 88.2 Å². The van der Waals surface area contributed by atoms with Gasteiger partial charge in [0.2, 0.25) is 0 Å². The first-order valence-corrected chi connectivity index (χ1v) is 21.2. The molecule has 2 aromatic carbocycles. The van der Waals surface area contributed by atoms with Crippen molar-refractivity contribution in [1.29, 1.82) is 0 Å². The molecule has 1 saturated carbocycles. The minimum Gasteiger partial charge on any atom is -0.490 e. The van der Waals surface area contributed by atoms with Crippen LogP contribution in [-0.4, -0.2) is 84.3 Å². The first-order chi connectivity index (χ1) is 23.9. The molecule has 0 saturated heterocycles. The first-order valence-electron chi connectivity index (χ1n) is 19.1. The van der Waals surface area contributed by atoms with Crippen molar-refractivity contribution >= 4 is 38.8 Å². The number of ether oxygens (including phenoxy) is 2. The van der Waals surface area contributed by atoms with Gasteiger partial charge in [0.05, 0.1) is 54.3 Å². The molecule has 4 aliphatic rings. The lowest BCUT2D eigenvalue weighted by Crippen LogP contribution is -2.51. The molecule has 50 heavy (non-hydrogen) atoms. The maximum absolute atomic E-state index is 13.9. The van der Waals surface area contributed by atoms with Gasteiger partial charge in [0.1, 0.15) is 12.3 Å². The molecule has 2 heterocycles. The number of allylic oxidation sites excluding steroid dienone is 1. The maximum atomic E-state index is 13.9. The second-order valence-electron chi connectivity index (χ2n) is 15.6. The monoisotopic (exact) mass is 724 g/mol. The number of anilines is 1. The van der Waals surface area contributed by atoms with E-state index in [1.54, 1.807) is 6.07 Å². The number of rotatable bonds is 7. The summed E-state index contributed by atoms with van der Waals surface area (Å²) in [6.45, 7) is 18.1. The number of hydrogen-bond donors (Lipinski definition) is 1. The fraction of sp³-hybridized carbons (Fsp3) is 0.610. The summed E-state index contributed by atoms with van der Waals surface area (Å²) < 4.78 is 31.4. The summed E-state index contributed by atoms with van der Waals surface area (Å²) >= 11 is 6.49. The first kappa shape index (κ1) is 37.2. The molecule has 2 aliphatic carbocycles. The van der Waals surface area contributed by atoms with E-state index in [4.69, 9.17) is 21.1 Å². The molecule has 1 spiro atoms. The normalized spacial score (nSPS) is 32.2. The Morgan fingerprint density at radius 3 is 2.62 bits per heavy atom. The zero-order chi connectivity index (χ0) is 35.7. The largest absolute Gasteiger partial charge is 0.490 e. The molecule has 7 nitrogen and oxygen atoms in total. The molecular formula is C41H59ClN3O4S+. The van der Waals surface area contributed by atoms with Crippen molar-refractivity contribution in [3.05, 3.63) is 70.3 Å². The number of halogens is 1. The number of nitrogens with zero attached hydrogens (tertiary/aromatic N) is 2. The SMILES string of the molecule is C=S1(=O)NC(=O)c2ccc3c(c2)N(C[C@@H]2CC[C@H]2[C@@H](OCC[N+](CC)(CC)CC)/C=C/C[C@H](C)[C@H]1C)C[C@@]1(CCCc2cc(Cl)ccc21)CO3. The van der Waals surface area contributed by atoms with Crippen molar-refractivity contribution in [2.24, 2.45) is 17.8 Å². The summed E-state index contributed by atoms with van der Waals surface area (Å²) in [6, 6.07) is 12.0. The standard InChI is InChI=1S/C41H58ClN3O4S/c1-7-45(8-2,9-3)22-23-48-38-14-10-12-29(4)30(5)50(6,47)43-40(46)32-16-20-39-37(25-32)44(26-33-15-18-35(33)38)27-41(28-49-39)21-11-13-31-24-34(42)17-19-36(31)41/h10,14,16-17,19-20,24-25,29-30,33,35,38H,6-9,11-13,15,18,21-23,26-28H2,1-5H3/p+1/b14-10+/t29-,30+,33-,35+,38-,41-,50?/m0/s1. The van der Waals surface area contributed by atoms with Crippen LogP contribution in [0.5, 0.6) is 5.75 Å². The average Bonchev–Trinajstić information content (AvgIpc) is 3.24. The van der Waals surface area contributed by atoms with E-state index < -0.39 is 9.71 Å². The van der Waals surface area contributed by atoms with E-state index in [1.165, 1.54) is 11.1 Å². The van der Waals surface area contributed by atoms with Crippen LogP contribution in [0.15, 0.2) is 48.6 Å². The van der Waals surface area contributed by atoms with E-state index in [2.05, 4.69) is 67.5 Å². The number of benzene rings is 2. The van der Waals surface area contributed by atoms with Gasteiger partial charge in [-0.1, -0.05) is 36.7 Å². The Hall–Kier alpha value is -2.52. The summed E-state index contributed by atoms with van der Waals surface area (Å²) in [4.78, 5) is 16.2. The quantitative estimate of drug-likeness (QED) is 0.183. The summed E-state index contributed by atoms with van der Waals surface area (Å²) in [7, 11) is -2.92. The van der Waals surface area contributed by atoms with E-state index in [0.717, 1.165) is 105 Å². The second kappa shape index (κ2) is 15.2. The Bertz CT molecular complexity index is 1670. The van der Waals surface area contributed by atoms with Gasteiger partial charge in [0.25, 0.3) is 5.91 Å². The van der Waals surface area contributed by atoms with Crippen molar-refractivity contribution in [2.75, 3.05) is 57.4 Å². The van der Waals surface area contributed by atoms with Crippen LogP contribution in [0.2, 0.25) is 5.02 Å². The average molecular weight is 725 g/mol. The van der Waals surface area contributed by atoms with Crippen molar-refractivity contribution in [1.82, 2.24) is 4.72 Å². The zero-order valence-corrected chi connectivity index (χ0v) is 32.5. The number of carbonyl (C=O) groups excluding carboxylic acids is 1. The number of amides is 1. The molecule has 1 unspecified atom stereocenters. The van der Waals surface area contributed by atoms with Crippen molar-refractivity contribution in [3.8, 4) is 5.75 Å². The van der Waals surface area contributed by atoms with Crippen LogP contribution in [0.3, 0.4) is 0 Å². The van der Waals surface area contributed by atoms with Gasteiger partial charge < -0.3 is 18.9 Å². The molecule has 9 heteroatoms. The number of likely N-dealkylation sites (N-methyl/N-ethyl adjacent to an activating group) is 1. The molecular weight excluding hydrogens is 666 g/mol. The number of carbonyl (C=O) groups is 1. The summed E-state index contributed by atoms with van der Waals surface area (Å²) in [6.07, 6.45) is 10.6. The Kier molecular flexibility index (Phi) is 11.3. The Labute approximate surface area is 306 Å². The van der Waals surface area contributed by atoms with Crippen molar-refractivity contribution < 1.29 is 23.0 Å². The van der Waals surface area contributed by atoms with Gasteiger partial charge in [0, 0.05) is 34.3 Å². The third-order valence-electron chi connectivity index (χ3n) is 13.0. The van der Waals surface area contributed by atoms with Gasteiger partial charge in [-0.3, -0.25) is 9.52 Å². The molecule has 0 radical (unpaired) electrons. The van der Waals surface area contributed by atoms with Crippen LogP contribution < -0.4 is 14.4 Å². The third-order valence-corrected chi connectivity index (χ3v) is 15.5. The summed E-state index contributed by atoms with van der Waals surface area (Å²) in [5, 5.41) is 0.464. The van der Waals surface area contributed by atoms with E-state index in [0.29, 0.717) is 24.0 Å². The molecule has 2 aromatic rings. The second-order valence-corrected chi connectivity index (χ2v) is 18.5. The fourth-order valence-electron chi connectivity index (χ4n) is 8.94. The smallest absolute Gasteiger partial charge is 0.262 e. The predicted octanol–water partition coefficient (Wildman–Crippen LogP) is 7.45. The fourth-order valence-corrected chi connectivity index (χ4v) is 10.6. The van der Waals surface area contributed by atoms with Gasteiger partial charge in [0.15, 0.2) is 0 Å². The molecule has 1 fully saturated rings. The van der Waals surface area contributed by atoms with Gasteiger partial charge in [-0.15, -0.1) is 0 Å². The topological polar surface area (TPSA) is 67.9 Å². The Balaban J connectivity index is 1.38. The highest BCUT2D eigenvalue weighted by molar-refractivity contribution is 7.99. The van der Waals surface area contributed by atoms with Crippen LogP contribution in [0, 0.1) is 17.8 Å². The van der Waals surface area contributed by atoms with Gasteiger partial charge in [-0.2, -0.15) is 0 Å². The summed E-state index contributed by atoms with van der Waals surface area (Å²) in [5.41, 5.74) is 3.83. The molecule has 7 atom stereocenters. The van der Waals surface area contributed by atoms with Crippen LogP contribution in [-0.2, 0) is 26.3 Å².